The summed E-state index contributed by atoms with van der Waals surface area (Å²) in [7, 11) is 0. The van der Waals surface area contributed by atoms with Gasteiger partial charge < -0.3 is 15.1 Å². The number of nitrogens with one attached hydrogen (secondary N) is 2. The van der Waals surface area contributed by atoms with Crippen molar-refractivity contribution in [2.75, 3.05) is 19.6 Å². The van der Waals surface area contributed by atoms with Gasteiger partial charge in [-0.1, -0.05) is 0 Å². The molecule has 3 atom stereocenters. The first-order valence-electron chi connectivity index (χ1n) is 7.77. The molecule has 0 spiro atoms. The van der Waals surface area contributed by atoms with E-state index in [0.717, 1.165) is 25.4 Å². The highest BCUT2D eigenvalue weighted by molar-refractivity contribution is 5.81. The number of carbonyl (C=O) groups is 1. The smallest absolute Gasteiger partial charge is 0.237 e. The fourth-order valence-electron chi connectivity index (χ4n) is 3.99. The molecule has 2 aliphatic heterocycles. The van der Waals surface area contributed by atoms with Crippen molar-refractivity contribution >= 4 is 5.91 Å². The Balaban J connectivity index is 1.62. The number of nitrogens with zero attached hydrogens (tertiary/aromatic N) is 1. The van der Waals surface area contributed by atoms with Crippen LogP contribution in [0, 0.1) is 11.8 Å². The third-order valence-corrected chi connectivity index (χ3v) is 5.28. The van der Waals surface area contributed by atoms with Crippen LogP contribution in [0.2, 0.25) is 0 Å². The number of fused-ring (bicyclic) bond motifs is 1. The van der Waals surface area contributed by atoms with E-state index < -0.39 is 0 Å². The van der Waals surface area contributed by atoms with Gasteiger partial charge in [0, 0.05) is 18.6 Å². The Morgan fingerprint density at radius 2 is 2.38 bits per heavy atom. The molecule has 3 unspecified atom stereocenters. The van der Waals surface area contributed by atoms with Crippen LogP contribution in [0.3, 0.4) is 0 Å². The second-order valence-corrected chi connectivity index (χ2v) is 6.80. The zero-order valence-corrected chi connectivity index (χ0v) is 13.1. The Hall–Kier alpha value is -1.33. The highest BCUT2D eigenvalue weighted by atomic mass is 16.3. The lowest BCUT2D eigenvalue weighted by molar-refractivity contribution is -0.127. The number of amides is 1. The SMILES string of the molecule is CC(C(=O)NCc1ccco1)N1CC2CNCC2C1(C)C. The normalized spacial score (nSPS) is 29.3. The summed E-state index contributed by atoms with van der Waals surface area (Å²) in [6.07, 6.45) is 1.63. The molecule has 2 aliphatic rings. The molecular weight excluding hydrogens is 266 g/mol. The maximum atomic E-state index is 12.4. The van der Waals surface area contributed by atoms with Gasteiger partial charge in [0.15, 0.2) is 0 Å². The van der Waals surface area contributed by atoms with Crippen molar-refractivity contribution in [3.63, 3.8) is 0 Å². The van der Waals surface area contributed by atoms with E-state index in [-0.39, 0.29) is 17.5 Å². The van der Waals surface area contributed by atoms with Gasteiger partial charge in [-0.25, -0.2) is 0 Å². The van der Waals surface area contributed by atoms with Gasteiger partial charge >= 0.3 is 0 Å². The van der Waals surface area contributed by atoms with E-state index in [1.165, 1.54) is 0 Å². The van der Waals surface area contributed by atoms with Crippen LogP contribution in [-0.2, 0) is 11.3 Å². The quantitative estimate of drug-likeness (QED) is 0.875. The second-order valence-electron chi connectivity index (χ2n) is 6.80. The Labute approximate surface area is 126 Å². The van der Waals surface area contributed by atoms with E-state index in [2.05, 4.69) is 29.4 Å². The molecule has 3 heterocycles. The third kappa shape index (κ3) is 2.60. The van der Waals surface area contributed by atoms with Gasteiger partial charge in [-0.3, -0.25) is 9.69 Å². The minimum atomic E-state index is -0.111. The van der Waals surface area contributed by atoms with Crippen LogP contribution in [0.4, 0.5) is 0 Å². The first-order chi connectivity index (χ1) is 10.00. The van der Waals surface area contributed by atoms with Crippen LogP contribution in [0.1, 0.15) is 26.5 Å². The minimum absolute atomic E-state index is 0.0651. The summed E-state index contributed by atoms with van der Waals surface area (Å²) in [5.74, 6) is 2.17. The Morgan fingerprint density at radius 3 is 3.05 bits per heavy atom. The van der Waals surface area contributed by atoms with Crippen LogP contribution in [-0.4, -0.2) is 42.0 Å². The molecule has 0 radical (unpaired) electrons. The lowest BCUT2D eigenvalue weighted by Crippen LogP contribution is -2.53. The van der Waals surface area contributed by atoms with Crippen molar-refractivity contribution in [2.24, 2.45) is 11.8 Å². The van der Waals surface area contributed by atoms with E-state index >= 15 is 0 Å². The number of likely N-dealkylation sites (tertiary alicyclic amines) is 1. The van der Waals surface area contributed by atoms with Gasteiger partial charge in [0.1, 0.15) is 5.76 Å². The molecular formula is C16H25N3O2. The molecule has 1 aromatic heterocycles. The largest absolute Gasteiger partial charge is 0.467 e. The maximum Gasteiger partial charge on any atom is 0.237 e. The molecule has 5 nitrogen and oxygen atoms in total. The summed E-state index contributed by atoms with van der Waals surface area (Å²) in [6, 6.07) is 3.60. The zero-order chi connectivity index (χ0) is 15.0. The number of hydrogen-bond donors (Lipinski definition) is 2. The Kier molecular flexibility index (Phi) is 3.80. The van der Waals surface area contributed by atoms with Gasteiger partial charge in [0.25, 0.3) is 0 Å². The molecule has 2 N–H and O–H groups in total. The standard InChI is InChI=1S/C16H25N3O2/c1-11(15(20)18-8-13-5-4-6-21-13)19-10-12-7-17-9-14(12)16(19,2)3/h4-6,11-12,14,17H,7-10H2,1-3H3,(H,18,20). The van der Waals surface area contributed by atoms with Crippen molar-refractivity contribution in [1.29, 1.82) is 0 Å². The molecule has 116 valence electrons. The molecule has 21 heavy (non-hydrogen) atoms. The van der Waals surface area contributed by atoms with E-state index in [1.54, 1.807) is 6.26 Å². The fraction of sp³-hybridized carbons (Fsp3) is 0.688. The Morgan fingerprint density at radius 1 is 1.57 bits per heavy atom. The number of hydrogen-bond acceptors (Lipinski definition) is 4. The third-order valence-electron chi connectivity index (χ3n) is 5.28. The fourth-order valence-corrected chi connectivity index (χ4v) is 3.99. The van der Waals surface area contributed by atoms with E-state index in [0.29, 0.717) is 18.4 Å². The first kappa shape index (κ1) is 14.6. The summed E-state index contributed by atoms with van der Waals surface area (Å²) < 4.78 is 5.25. The van der Waals surface area contributed by atoms with Crippen LogP contribution in [0.5, 0.6) is 0 Å². The van der Waals surface area contributed by atoms with Crippen LogP contribution >= 0.6 is 0 Å². The van der Waals surface area contributed by atoms with Gasteiger partial charge in [-0.2, -0.15) is 0 Å². The molecule has 3 rings (SSSR count). The average molecular weight is 291 g/mol. The molecule has 2 saturated heterocycles. The number of carbonyl (C=O) groups excluding carboxylic acids is 1. The molecule has 0 aliphatic carbocycles. The summed E-state index contributed by atoms with van der Waals surface area (Å²) in [5.41, 5.74) is 0.0651. The monoisotopic (exact) mass is 291 g/mol. The Bertz CT molecular complexity index is 498. The molecule has 0 aromatic carbocycles. The lowest BCUT2D eigenvalue weighted by atomic mass is 9.84. The van der Waals surface area contributed by atoms with Crippen LogP contribution < -0.4 is 10.6 Å². The molecule has 0 saturated carbocycles. The predicted molar refractivity (Wildman–Crippen MR) is 80.7 cm³/mol. The van der Waals surface area contributed by atoms with Gasteiger partial charge in [0.2, 0.25) is 5.91 Å². The van der Waals surface area contributed by atoms with Crippen molar-refractivity contribution in [1.82, 2.24) is 15.5 Å². The average Bonchev–Trinajstić information content (AvgIpc) is 3.14. The first-order valence-corrected chi connectivity index (χ1v) is 7.77. The number of rotatable bonds is 4. The summed E-state index contributed by atoms with van der Waals surface area (Å²) in [6.45, 7) is 10.1. The summed E-state index contributed by atoms with van der Waals surface area (Å²) >= 11 is 0. The van der Waals surface area contributed by atoms with Crippen LogP contribution in [0.25, 0.3) is 0 Å². The van der Waals surface area contributed by atoms with E-state index in [4.69, 9.17) is 4.42 Å². The van der Waals surface area contributed by atoms with E-state index in [1.807, 2.05) is 19.1 Å². The molecule has 0 bridgehead atoms. The summed E-state index contributed by atoms with van der Waals surface area (Å²) in [4.78, 5) is 14.8. The highest BCUT2D eigenvalue weighted by Gasteiger charge is 2.51. The van der Waals surface area contributed by atoms with Crippen LogP contribution in [0.15, 0.2) is 22.8 Å². The minimum Gasteiger partial charge on any atom is -0.467 e. The van der Waals surface area contributed by atoms with Crippen molar-refractivity contribution < 1.29 is 9.21 Å². The van der Waals surface area contributed by atoms with E-state index in [9.17, 15) is 4.79 Å². The van der Waals surface area contributed by atoms with Crippen molar-refractivity contribution in [2.45, 2.75) is 38.9 Å². The number of furan rings is 1. The topological polar surface area (TPSA) is 57.5 Å². The lowest BCUT2D eigenvalue weighted by Gasteiger charge is -2.39. The van der Waals surface area contributed by atoms with Crippen molar-refractivity contribution in [3.8, 4) is 0 Å². The van der Waals surface area contributed by atoms with Gasteiger partial charge in [-0.15, -0.1) is 0 Å². The zero-order valence-electron chi connectivity index (χ0n) is 13.1. The van der Waals surface area contributed by atoms with Crippen molar-refractivity contribution in [3.05, 3.63) is 24.2 Å². The van der Waals surface area contributed by atoms with Gasteiger partial charge in [0.05, 0.1) is 18.8 Å². The predicted octanol–water partition coefficient (Wildman–Crippen LogP) is 1.21. The molecule has 5 heteroatoms. The highest BCUT2D eigenvalue weighted by Crippen LogP contribution is 2.41. The molecule has 2 fully saturated rings. The van der Waals surface area contributed by atoms with Gasteiger partial charge in [-0.05, 0) is 51.3 Å². The molecule has 1 aromatic rings. The summed E-state index contributed by atoms with van der Waals surface area (Å²) in [5, 5.41) is 6.45. The maximum absolute atomic E-state index is 12.4. The molecule has 1 amide bonds. The second kappa shape index (κ2) is 5.46.